The SMILES string of the molecule is CCCc1cc(CNC2CC2)cc(N2CCCOCC2)n1. The highest BCUT2D eigenvalue weighted by atomic mass is 16.5. The van der Waals surface area contributed by atoms with Gasteiger partial charge in [0.15, 0.2) is 0 Å². The molecule has 4 heteroatoms. The van der Waals surface area contributed by atoms with E-state index in [1.54, 1.807) is 0 Å². The molecule has 3 rings (SSSR count). The molecule has 0 radical (unpaired) electrons. The Morgan fingerprint density at radius 1 is 1.29 bits per heavy atom. The number of aromatic nitrogens is 1. The average Bonchev–Trinajstić information content (AvgIpc) is 3.32. The number of hydrogen-bond acceptors (Lipinski definition) is 4. The van der Waals surface area contributed by atoms with E-state index in [2.05, 4.69) is 29.3 Å². The van der Waals surface area contributed by atoms with E-state index in [9.17, 15) is 0 Å². The second-order valence-corrected chi connectivity index (χ2v) is 6.18. The van der Waals surface area contributed by atoms with E-state index in [0.717, 1.165) is 64.0 Å². The van der Waals surface area contributed by atoms with E-state index < -0.39 is 0 Å². The Labute approximate surface area is 127 Å². The van der Waals surface area contributed by atoms with Crippen LogP contribution in [0.4, 0.5) is 5.82 Å². The number of aryl methyl sites for hydroxylation is 1. The third kappa shape index (κ3) is 4.42. The van der Waals surface area contributed by atoms with Gasteiger partial charge in [0.05, 0.1) is 6.61 Å². The normalized spacial score (nSPS) is 19.6. The van der Waals surface area contributed by atoms with Crippen molar-refractivity contribution >= 4 is 5.82 Å². The lowest BCUT2D eigenvalue weighted by Crippen LogP contribution is -2.27. The maximum absolute atomic E-state index is 5.56. The molecule has 1 aromatic heterocycles. The molecule has 2 fully saturated rings. The van der Waals surface area contributed by atoms with Crippen LogP contribution in [0.25, 0.3) is 0 Å². The molecule has 0 amide bonds. The van der Waals surface area contributed by atoms with Gasteiger partial charge in [0, 0.05) is 38.0 Å². The number of anilines is 1. The zero-order valence-electron chi connectivity index (χ0n) is 13.1. The number of ether oxygens (including phenoxy) is 1. The molecule has 1 aromatic rings. The Morgan fingerprint density at radius 2 is 2.19 bits per heavy atom. The van der Waals surface area contributed by atoms with Crippen molar-refractivity contribution in [2.24, 2.45) is 0 Å². The zero-order chi connectivity index (χ0) is 14.5. The second kappa shape index (κ2) is 7.23. The molecule has 21 heavy (non-hydrogen) atoms. The average molecular weight is 289 g/mol. The summed E-state index contributed by atoms with van der Waals surface area (Å²) in [5, 5.41) is 3.61. The van der Waals surface area contributed by atoms with Crippen LogP contribution in [0.15, 0.2) is 12.1 Å². The molecule has 1 N–H and O–H groups in total. The summed E-state index contributed by atoms with van der Waals surface area (Å²) in [5.74, 6) is 1.14. The fraction of sp³-hybridized carbons (Fsp3) is 0.706. The van der Waals surface area contributed by atoms with Crippen molar-refractivity contribution in [3.05, 3.63) is 23.4 Å². The third-order valence-electron chi connectivity index (χ3n) is 4.15. The van der Waals surface area contributed by atoms with Crippen LogP contribution >= 0.6 is 0 Å². The number of rotatable bonds is 6. The van der Waals surface area contributed by atoms with E-state index in [-0.39, 0.29) is 0 Å². The summed E-state index contributed by atoms with van der Waals surface area (Å²) in [7, 11) is 0. The van der Waals surface area contributed by atoms with Gasteiger partial charge in [-0.15, -0.1) is 0 Å². The lowest BCUT2D eigenvalue weighted by Gasteiger charge is -2.22. The first kappa shape index (κ1) is 14.8. The standard InChI is InChI=1S/C17H27N3O/c1-2-4-16-11-14(13-18-15-5-6-15)12-17(19-16)20-7-3-9-21-10-8-20/h11-12,15,18H,2-10,13H2,1H3. The van der Waals surface area contributed by atoms with E-state index >= 15 is 0 Å². The lowest BCUT2D eigenvalue weighted by atomic mass is 10.1. The Morgan fingerprint density at radius 3 is 3.00 bits per heavy atom. The van der Waals surface area contributed by atoms with Crippen LogP contribution in [0.5, 0.6) is 0 Å². The number of pyridine rings is 1. The van der Waals surface area contributed by atoms with Crippen LogP contribution in [0.2, 0.25) is 0 Å². The molecule has 116 valence electrons. The smallest absolute Gasteiger partial charge is 0.129 e. The van der Waals surface area contributed by atoms with Gasteiger partial charge in [-0.3, -0.25) is 0 Å². The van der Waals surface area contributed by atoms with Crippen molar-refractivity contribution in [2.75, 3.05) is 31.2 Å². The summed E-state index contributed by atoms with van der Waals surface area (Å²) < 4.78 is 5.56. The predicted octanol–water partition coefficient (Wildman–Crippen LogP) is 2.51. The number of hydrogen-bond donors (Lipinski definition) is 1. The van der Waals surface area contributed by atoms with Gasteiger partial charge in [0.25, 0.3) is 0 Å². The monoisotopic (exact) mass is 289 g/mol. The molecule has 0 atom stereocenters. The molecule has 4 nitrogen and oxygen atoms in total. The molecule has 2 aliphatic rings. The number of nitrogens with zero attached hydrogens (tertiary/aromatic N) is 2. The molecular weight excluding hydrogens is 262 g/mol. The first-order valence-corrected chi connectivity index (χ1v) is 8.41. The Hall–Kier alpha value is -1.13. The van der Waals surface area contributed by atoms with Gasteiger partial charge in [0.2, 0.25) is 0 Å². The third-order valence-corrected chi connectivity index (χ3v) is 4.15. The van der Waals surface area contributed by atoms with Crippen LogP contribution in [-0.2, 0) is 17.7 Å². The van der Waals surface area contributed by atoms with Gasteiger partial charge in [0.1, 0.15) is 5.82 Å². The van der Waals surface area contributed by atoms with Crippen molar-refractivity contribution in [2.45, 2.75) is 51.6 Å². The molecule has 1 saturated heterocycles. The first-order valence-electron chi connectivity index (χ1n) is 8.41. The molecule has 1 aliphatic carbocycles. The maximum Gasteiger partial charge on any atom is 0.129 e. The van der Waals surface area contributed by atoms with Crippen LogP contribution in [0, 0.1) is 0 Å². The van der Waals surface area contributed by atoms with E-state index in [1.807, 2.05) is 0 Å². The highest BCUT2D eigenvalue weighted by Gasteiger charge is 2.20. The van der Waals surface area contributed by atoms with E-state index in [0.29, 0.717) is 0 Å². The summed E-state index contributed by atoms with van der Waals surface area (Å²) in [4.78, 5) is 7.26. The van der Waals surface area contributed by atoms with E-state index in [4.69, 9.17) is 9.72 Å². The molecule has 1 aliphatic heterocycles. The fourth-order valence-electron chi connectivity index (χ4n) is 2.81. The minimum Gasteiger partial charge on any atom is -0.380 e. The molecular formula is C17H27N3O. The minimum atomic E-state index is 0.753. The van der Waals surface area contributed by atoms with Gasteiger partial charge < -0.3 is 15.0 Å². The molecule has 1 saturated carbocycles. The van der Waals surface area contributed by atoms with Gasteiger partial charge >= 0.3 is 0 Å². The zero-order valence-corrected chi connectivity index (χ0v) is 13.1. The fourth-order valence-corrected chi connectivity index (χ4v) is 2.81. The van der Waals surface area contributed by atoms with Crippen LogP contribution in [-0.4, -0.2) is 37.3 Å². The minimum absolute atomic E-state index is 0.753. The highest BCUT2D eigenvalue weighted by molar-refractivity contribution is 5.43. The summed E-state index contributed by atoms with van der Waals surface area (Å²) in [5.41, 5.74) is 2.60. The van der Waals surface area contributed by atoms with Crippen molar-refractivity contribution in [3.63, 3.8) is 0 Å². The van der Waals surface area contributed by atoms with Gasteiger partial charge in [-0.2, -0.15) is 0 Å². The molecule has 0 spiro atoms. The molecule has 0 aromatic carbocycles. The molecule has 2 heterocycles. The summed E-state index contributed by atoms with van der Waals surface area (Å²) in [6.45, 7) is 6.89. The highest BCUT2D eigenvalue weighted by Crippen LogP contribution is 2.21. The van der Waals surface area contributed by atoms with Gasteiger partial charge in [-0.1, -0.05) is 13.3 Å². The van der Waals surface area contributed by atoms with Crippen molar-refractivity contribution in [1.29, 1.82) is 0 Å². The second-order valence-electron chi connectivity index (χ2n) is 6.18. The van der Waals surface area contributed by atoms with Crippen molar-refractivity contribution in [3.8, 4) is 0 Å². The summed E-state index contributed by atoms with van der Waals surface area (Å²) in [6, 6.07) is 5.29. The summed E-state index contributed by atoms with van der Waals surface area (Å²) >= 11 is 0. The first-order chi connectivity index (χ1) is 10.3. The Bertz CT molecular complexity index is 451. The van der Waals surface area contributed by atoms with Crippen LogP contribution in [0.1, 0.15) is 43.9 Å². The van der Waals surface area contributed by atoms with Gasteiger partial charge in [-0.25, -0.2) is 4.98 Å². The number of nitrogens with one attached hydrogen (secondary N) is 1. The molecule has 0 unspecified atom stereocenters. The van der Waals surface area contributed by atoms with Crippen LogP contribution < -0.4 is 10.2 Å². The topological polar surface area (TPSA) is 37.4 Å². The largest absolute Gasteiger partial charge is 0.380 e. The van der Waals surface area contributed by atoms with Crippen molar-refractivity contribution in [1.82, 2.24) is 10.3 Å². The predicted molar refractivity (Wildman–Crippen MR) is 85.7 cm³/mol. The Kier molecular flexibility index (Phi) is 5.09. The summed E-state index contributed by atoms with van der Waals surface area (Å²) in [6.07, 6.45) is 5.98. The van der Waals surface area contributed by atoms with Crippen LogP contribution in [0.3, 0.4) is 0 Å². The Balaban J connectivity index is 1.75. The van der Waals surface area contributed by atoms with Gasteiger partial charge in [-0.05, 0) is 43.4 Å². The molecule has 0 bridgehead atoms. The quantitative estimate of drug-likeness (QED) is 0.873. The maximum atomic E-state index is 5.56. The lowest BCUT2D eigenvalue weighted by molar-refractivity contribution is 0.152. The van der Waals surface area contributed by atoms with Crippen molar-refractivity contribution < 1.29 is 4.74 Å². The van der Waals surface area contributed by atoms with E-state index in [1.165, 1.54) is 24.1 Å².